The van der Waals surface area contributed by atoms with Gasteiger partial charge < -0.3 is 15.0 Å². The molecule has 0 atom stereocenters. The molecule has 0 bridgehead atoms. The highest BCUT2D eigenvalue weighted by Crippen LogP contribution is 2.11. The summed E-state index contributed by atoms with van der Waals surface area (Å²) in [5.41, 5.74) is 4.44. The van der Waals surface area contributed by atoms with E-state index in [1.807, 2.05) is 25.3 Å². The zero-order valence-corrected chi connectivity index (χ0v) is 12.4. The topological polar surface area (TPSA) is 71.5 Å². The predicted molar refractivity (Wildman–Crippen MR) is 83.8 cm³/mol. The van der Waals surface area contributed by atoms with E-state index in [4.69, 9.17) is 4.65 Å². The van der Waals surface area contributed by atoms with Crippen molar-refractivity contribution in [1.82, 2.24) is 10.3 Å². The van der Waals surface area contributed by atoms with Gasteiger partial charge in [0.15, 0.2) is 0 Å². The van der Waals surface area contributed by atoms with Gasteiger partial charge in [0.05, 0.1) is 6.61 Å². The maximum Gasteiger partial charge on any atom is 0.491 e. The van der Waals surface area contributed by atoms with Crippen LogP contribution in [0, 0.1) is 6.92 Å². The molecule has 0 aliphatic carbocycles. The SMILES string of the molecule is Cc1cnccc1CCNC(=O)c1ccc2c(c1)B(O)OC2. The van der Waals surface area contributed by atoms with Gasteiger partial charge in [0, 0.05) is 24.5 Å². The molecular weight excluding hydrogens is 279 g/mol. The zero-order chi connectivity index (χ0) is 15.5. The van der Waals surface area contributed by atoms with E-state index in [2.05, 4.69) is 10.3 Å². The molecule has 0 spiro atoms. The van der Waals surface area contributed by atoms with Crippen molar-refractivity contribution in [1.29, 1.82) is 0 Å². The predicted octanol–water partition coefficient (Wildman–Crippen LogP) is 0.580. The lowest BCUT2D eigenvalue weighted by Gasteiger charge is -2.08. The number of hydrogen-bond donors (Lipinski definition) is 2. The molecule has 112 valence electrons. The average Bonchev–Trinajstić information content (AvgIpc) is 2.90. The average molecular weight is 296 g/mol. The van der Waals surface area contributed by atoms with Gasteiger partial charge in [0.1, 0.15) is 0 Å². The molecule has 0 radical (unpaired) electrons. The van der Waals surface area contributed by atoms with E-state index in [1.54, 1.807) is 18.3 Å². The Hall–Kier alpha value is -2.18. The van der Waals surface area contributed by atoms with Gasteiger partial charge in [-0.3, -0.25) is 9.78 Å². The van der Waals surface area contributed by atoms with E-state index in [-0.39, 0.29) is 5.91 Å². The maximum absolute atomic E-state index is 12.2. The van der Waals surface area contributed by atoms with E-state index in [1.165, 1.54) is 5.56 Å². The molecule has 3 rings (SSSR count). The molecule has 0 fully saturated rings. The van der Waals surface area contributed by atoms with Gasteiger partial charge in [-0.2, -0.15) is 0 Å². The Kier molecular flexibility index (Phi) is 4.22. The number of carbonyl (C=O) groups excluding carboxylic acids is 1. The standard InChI is InChI=1S/C16H17BN2O3/c1-11-9-18-6-4-12(11)5-7-19-16(20)13-2-3-14-10-22-17(21)15(14)8-13/h2-4,6,8-9,21H,5,7,10H2,1H3,(H,19,20). The summed E-state index contributed by atoms with van der Waals surface area (Å²) in [5.74, 6) is -0.145. The molecular formula is C16H17BN2O3. The molecule has 1 aliphatic heterocycles. The fourth-order valence-corrected chi connectivity index (χ4v) is 2.55. The van der Waals surface area contributed by atoms with Crippen LogP contribution in [0.15, 0.2) is 36.7 Å². The summed E-state index contributed by atoms with van der Waals surface area (Å²) < 4.78 is 5.13. The number of nitrogens with zero attached hydrogens (tertiary/aromatic N) is 1. The van der Waals surface area contributed by atoms with Crippen molar-refractivity contribution in [2.75, 3.05) is 6.54 Å². The molecule has 22 heavy (non-hydrogen) atoms. The van der Waals surface area contributed by atoms with Gasteiger partial charge in [0.2, 0.25) is 0 Å². The molecule has 0 saturated carbocycles. The second-order valence-corrected chi connectivity index (χ2v) is 5.39. The first kappa shape index (κ1) is 14.7. The third kappa shape index (κ3) is 3.03. The largest absolute Gasteiger partial charge is 0.491 e. The van der Waals surface area contributed by atoms with Crippen molar-refractivity contribution in [3.63, 3.8) is 0 Å². The van der Waals surface area contributed by atoms with Gasteiger partial charge in [-0.15, -0.1) is 0 Å². The van der Waals surface area contributed by atoms with Crippen LogP contribution >= 0.6 is 0 Å². The summed E-state index contributed by atoms with van der Waals surface area (Å²) in [6.45, 7) is 2.95. The fraction of sp³-hybridized carbons (Fsp3) is 0.250. The second kappa shape index (κ2) is 6.29. The van der Waals surface area contributed by atoms with E-state index >= 15 is 0 Å². The molecule has 1 aromatic carbocycles. The highest BCUT2D eigenvalue weighted by molar-refractivity contribution is 6.61. The normalized spacial score (nSPS) is 13.1. The molecule has 2 heterocycles. The number of hydrogen-bond acceptors (Lipinski definition) is 4. The van der Waals surface area contributed by atoms with Crippen molar-refractivity contribution in [3.05, 3.63) is 58.9 Å². The summed E-state index contributed by atoms with van der Waals surface area (Å²) in [4.78, 5) is 16.2. The fourth-order valence-electron chi connectivity index (χ4n) is 2.55. The van der Waals surface area contributed by atoms with Crippen molar-refractivity contribution in [2.45, 2.75) is 20.0 Å². The quantitative estimate of drug-likeness (QED) is 0.810. The van der Waals surface area contributed by atoms with Crippen LogP contribution in [-0.4, -0.2) is 29.6 Å². The van der Waals surface area contributed by atoms with Crippen molar-refractivity contribution >= 4 is 18.5 Å². The molecule has 2 N–H and O–H groups in total. The number of nitrogens with one attached hydrogen (secondary N) is 1. The summed E-state index contributed by atoms with van der Waals surface area (Å²) in [6, 6.07) is 7.24. The van der Waals surface area contributed by atoms with Crippen LogP contribution in [0.1, 0.15) is 27.0 Å². The van der Waals surface area contributed by atoms with Crippen molar-refractivity contribution in [3.8, 4) is 0 Å². The van der Waals surface area contributed by atoms with Gasteiger partial charge in [0.25, 0.3) is 5.91 Å². The van der Waals surface area contributed by atoms with Gasteiger partial charge in [-0.25, -0.2) is 0 Å². The third-order valence-corrected chi connectivity index (χ3v) is 3.89. The Balaban J connectivity index is 1.61. The molecule has 0 saturated heterocycles. The number of amides is 1. The molecule has 1 aliphatic rings. The Labute approximate surface area is 129 Å². The summed E-state index contributed by atoms with van der Waals surface area (Å²) in [7, 11) is -0.929. The number of pyridine rings is 1. The summed E-state index contributed by atoms with van der Waals surface area (Å²) in [5, 5.41) is 12.6. The smallest absolute Gasteiger partial charge is 0.423 e. The monoisotopic (exact) mass is 296 g/mol. The molecule has 1 amide bonds. The first-order chi connectivity index (χ1) is 10.6. The van der Waals surface area contributed by atoms with Gasteiger partial charge >= 0.3 is 7.12 Å². The zero-order valence-electron chi connectivity index (χ0n) is 12.4. The van der Waals surface area contributed by atoms with Gasteiger partial charge in [-0.1, -0.05) is 6.07 Å². The Morgan fingerprint density at radius 1 is 1.45 bits per heavy atom. The number of aromatic nitrogens is 1. The van der Waals surface area contributed by atoms with Crippen LogP contribution in [0.3, 0.4) is 0 Å². The Morgan fingerprint density at radius 2 is 2.32 bits per heavy atom. The van der Waals surface area contributed by atoms with Crippen LogP contribution in [0.4, 0.5) is 0 Å². The minimum atomic E-state index is -0.929. The number of fused-ring (bicyclic) bond motifs is 1. The number of rotatable bonds is 4. The maximum atomic E-state index is 12.2. The highest BCUT2D eigenvalue weighted by atomic mass is 16.5. The van der Waals surface area contributed by atoms with Crippen LogP contribution in [0.2, 0.25) is 0 Å². The van der Waals surface area contributed by atoms with Crippen molar-refractivity contribution in [2.24, 2.45) is 0 Å². The van der Waals surface area contributed by atoms with E-state index in [9.17, 15) is 9.82 Å². The lowest BCUT2D eigenvalue weighted by Crippen LogP contribution is -2.31. The summed E-state index contributed by atoms with van der Waals surface area (Å²) in [6.07, 6.45) is 4.34. The lowest BCUT2D eigenvalue weighted by atomic mass is 9.79. The number of carbonyl (C=O) groups is 1. The highest BCUT2D eigenvalue weighted by Gasteiger charge is 2.27. The van der Waals surface area contributed by atoms with Crippen LogP contribution in [-0.2, 0) is 17.7 Å². The minimum absolute atomic E-state index is 0.145. The summed E-state index contributed by atoms with van der Waals surface area (Å²) >= 11 is 0. The Morgan fingerprint density at radius 3 is 3.14 bits per heavy atom. The van der Waals surface area contributed by atoms with E-state index in [0.29, 0.717) is 24.2 Å². The van der Waals surface area contributed by atoms with Crippen LogP contribution < -0.4 is 10.8 Å². The first-order valence-corrected chi connectivity index (χ1v) is 7.25. The second-order valence-electron chi connectivity index (χ2n) is 5.39. The van der Waals surface area contributed by atoms with Crippen LogP contribution in [0.5, 0.6) is 0 Å². The number of aryl methyl sites for hydroxylation is 1. The molecule has 2 aromatic rings. The van der Waals surface area contributed by atoms with E-state index in [0.717, 1.165) is 17.5 Å². The van der Waals surface area contributed by atoms with E-state index < -0.39 is 7.12 Å². The molecule has 1 aromatic heterocycles. The molecule has 0 unspecified atom stereocenters. The minimum Gasteiger partial charge on any atom is -0.423 e. The van der Waals surface area contributed by atoms with Crippen LogP contribution in [0.25, 0.3) is 0 Å². The first-order valence-electron chi connectivity index (χ1n) is 7.25. The van der Waals surface area contributed by atoms with Crippen molar-refractivity contribution < 1.29 is 14.5 Å². The Bertz CT molecular complexity index is 706. The lowest BCUT2D eigenvalue weighted by molar-refractivity contribution is 0.0954. The third-order valence-electron chi connectivity index (χ3n) is 3.89. The van der Waals surface area contributed by atoms with Gasteiger partial charge in [-0.05, 0) is 53.7 Å². The molecule has 5 nitrogen and oxygen atoms in total. The number of benzene rings is 1. The molecule has 6 heteroatoms.